The molecule has 0 aliphatic carbocycles. The zero-order valence-corrected chi connectivity index (χ0v) is 27.0. The third-order valence-electron chi connectivity index (χ3n) is 8.17. The first-order valence-corrected chi connectivity index (χ1v) is 16.5. The van der Waals surface area contributed by atoms with Crippen LogP contribution in [0.1, 0.15) is 58.7 Å². The molecule has 5 rings (SSSR count). The molecule has 2 aromatic heterocycles. The van der Waals surface area contributed by atoms with Gasteiger partial charge >= 0.3 is 13.7 Å². The van der Waals surface area contributed by atoms with E-state index in [1.165, 1.54) is 17.8 Å². The van der Waals surface area contributed by atoms with E-state index >= 15 is 0 Å². The van der Waals surface area contributed by atoms with Gasteiger partial charge in [-0.05, 0) is 49.1 Å². The highest BCUT2D eigenvalue weighted by Gasteiger charge is 2.54. The van der Waals surface area contributed by atoms with E-state index in [1.807, 2.05) is 12.1 Å². The summed E-state index contributed by atoms with van der Waals surface area (Å²) in [5.74, 6) is -0.158. The number of nitrogen functional groups attached to an aromatic ring is 1. The quantitative estimate of drug-likeness (QED) is 0.186. The van der Waals surface area contributed by atoms with Crippen molar-refractivity contribution < 1.29 is 42.8 Å². The van der Waals surface area contributed by atoms with Crippen molar-refractivity contribution in [1.29, 1.82) is 0 Å². The van der Waals surface area contributed by atoms with E-state index in [0.717, 1.165) is 5.56 Å². The third kappa shape index (κ3) is 7.17. The van der Waals surface area contributed by atoms with Crippen LogP contribution in [0.15, 0.2) is 42.7 Å². The Morgan fingerprint density at radius 2 is 1.89 bits per heavy atom. The summed E-state index contributed by atoms with van der Waals surface area (Å²) in [6, 6.07) is 9.31. The molecule has 1 aromatic carbocycles. The van der Waals surface area contributed by atoms with Crippen LogP contribution in [0.3, 0.4) is 0 Å². The number of nitrogens with two attached hydrogens (primary N) is 1. The van der Waals surface area contributed by atoms with Crippen LogP contribution in [0.5, 0.6) is 5.75 Å². The second-order valence-electron chi connectivity index (χ2n) is 12.6. The fraction of sp³-hybridized carbons (Fsp3) is 0.567. The number of hydrogen-bond acceptors (Lipinski definition) is 12. The van der Waals surface area contributed by atoms with Crippen molar-refractivity contribution in [2.45, 2.75) is 88.9 Å². The summed E-state index contributed by atoms with van der Waals surface area (Å²) in [4.78, 5) is 16.9. The van der Waals surface area contributed by atoms with Gasteiger partial charge in [0.2, 0.25) is 0 Å². The largest absolute Gasteiger partial charge is 0.461 e. The molecular weight excluding hydrogens is 605 g/mol. The van der Waals surface area contributed by atoms with Crippen molar-refractivity contribution in [2.24, 2.45) is 0 Å². The molecule has 45 heavy (non-hydrogen) atoms. The molecule has 4 heterocycles. The standard InChI is InChI=1S/C30H42N5O9P/c1-18(28(38)42-20-12-14-40-15-13-20)34-45(39,44-21-8-6-19(7-9-21)29(2,3)4)41-16-23-25(36)26(37)30(5,43-23)24-11-10-22-27(31)32-17-33-35(22)24/h6-11,17-18,20,23,25-26,36-37H,12-16H2,1-5H3,(H,34,39)(H2,31,32,33)/t18-,23+,25+,26+,30-,45?/m0/s1. The molecule has 14 nitrogen and oxygen atoms in total. The number of aliphatic hydroxyl groups is 2. The Morgan fingerprint density at radius 3 is 2.56 bits per heavy atom. The summed E-state index contributed by atoms with van der Waals surface area (Å²) in [6.07, 6.45) is -1.89. The molecule has 0 spiro atoms. The number of nitrogens with zero attached hydrogens (tertiary/aromatic N) is 3. The number of fused-ring (bicyclic) bond motifs is 1. The number of hydrogen-bond donors (Lipinski definition) is 4. The fourth-order valence-corrected chi connectivity index (χ4v) is 6.92. The molecule has 2 fully saturated rings. The van der Waals surface area contributed by atoms with Gasteiger partial charge in [0.05, 0.1) is 25.5 Å². The lowest BCUT2D eigenvalue weighted by atomic mass is 9.87. The maximum Gasteiger partial charge on any atom is 0.459 e. The molecule has 5 N–H and O–H groups in total. The molecule has 6 atom stereocenters. The molecule has 246 valence electrons. The minimum Gasteiger partial charge on any atom is -0.461 e. The van der Waals surface area contributed by atoms with Crippen LogP contribution >= 0.6 is 7.75 Å². The number of anilines is 1. The van der Waals surface area contributed by atoms with Crippen molar-refractivity contribution in [3.05, 3.63) is 54.0 Å². The molecule has 2 aliphatic heterocycles. The van der Waals surface area contributed by atoms with Gasteiger partial charge < -0.3 is 34.7 Å². The highest BCUT2D eigenvalue weighted by atomic mass is 31.2. The first kappa shape index (κ1) is 33.3. The maximum absolute atomic E-state index is 14.2. The van der Waals surface area contributed by atoms with Crippen LogP contribution in [-0.2, 0) is 39.1 Å². The van der Waals surface area contributed by atoms with Gasteiger partial charge in [0, 0.05) is 12.8 Å². The van der Waals surface area contributed by atoms with E-state index in [0.29, 0.717) is 37.3 Å². The summed E-state index contributed by atoms with van der Waals surface area (Å²) in [5.41, 5.74) is 6.36. The number of carbonyl (C=O) groups excluding carboxylic acids is 1. The highest BCUT2D eigenvalue weighted by Crippen LogP contribution is 2.47. The van der Waals surface area contributed by atoms with Gasteiger partial charge in [0.15, 0.2) is 5.82 Å². The maximum atomic E-state index is 14.2. The third-order valence-corrected chi connectivity index (χ3v) is 9.81. The van der Waals surface area contributed by atoms with Gasteiger partial charge in [-0.3, -0.25) is 9.32 Å². The number of benzene rings is 1. The highest BCUT2D eigenvalue weighted by molar-refractivity contribution is 7.52. The van der Waals surface area contributed by atoms with E-state index in [9.17, 15) is 19.6 Å². The first-order valence-electron chi connectivity index (χ1n) is 14.9. The zero-order chi connectivity index (χ0) is 32.6. The summed E-state index contributed by atoms with van der Waals surface area (Å²) in [5, 5.41) is 29.0. The van der Waals surface area contributed by atoms with Crippen LogP contribution < -0.4 is 15.3 Å². The topological polar surface area (TPSA) is 189 Å². The molecular formula is C30H42N5O9P. The summed E-state index contributed by atoms with van der Waals surface area (Å²) in [7, 11) is -4.30. The predicted octanol–water partition coefficient (Wildman–Crippen LogP) is 2.85. The minimum atomic E-state index is -4.30. The Labute approximate surface area is 261 Å². The molecule has 0 saturated carbocycles. The van der Waals surface area contributed by atoms with Gasteiger partial charge in [-0.1, -0.05) is 32.9 Å². The number of esters is 1. The number of aromatic nitrogens is 3. The van der Waals surface area contributed by atoms with Crippen molar-refractivity contribution in [3.63, 3.8) is 0 Å². The smallest absolute Gasteiger partial charge is 0.459 e. The van der Waals surface area contributed by atoms with Crippen LogP contribution in [0, 0.1) is 0 Å². The second kappa shape index (κ2) is 13.0. The number of nitrogens with one attached hydrogen (secondary N) is 1. The van der Waals surface area contributed by atoms with Gasteiger partial charge in [-0.15, -0.1) is 0 Å². The Morgan fingerprint density at radius 1 is 1.20 bits per heavy atom. The normalized spacial score (nSPS) is 26.4. The average Bonchev–Trinajstić information content (AvgIpc) is 3.53. The lowest BCUT2D eigenvalue weighted by Gasteiger charge is -2.28. The lowest BCUT2D eigenvalue weighted by Crippen LogP contribution is -2.40. The summed E-state index contributed by atoms with van der Waals surface area (Å²) < 4.78 is 44.4. The fourth-order valence-electron chi connectivity index (χ4n) is 5.42. The summed E-state index contributed by atoms with van der Waals surface area (Å²) >= 11 is 0. The zero-order valence-electron chi connectivity index (χ0n) is 26.1. The Balaban J connectivity index is 1.34. The number of rotatable bonds is 10. The molecule has 0 radical (unpaired) electrons. The van der Waals surface area contributed by atoms with Crippen LogP contribution in [0.4, 0.5) is 5.82 Å². The Hall–Kier alpha value is -3.10. The van der Waals surface area contributed by atoms with E-state index < -0.39 is 50.3 Å². The van der Waals surface area contributed by atoms with Gasteiger partial charge in [0.25, 0.3) is 0 Å². The Bertz CT molecular complexity index is 1540. The van der Waals surface area contributed by atoms with Crippen LogP contribution in [0.2, 0.25) is 0 Å². The lowest BCUT2D eigenvalue weighted by molar-refractivity contribution is -0.154. The van der Waals surface area contributed by atoms with Gasteiger partial charge in [0.1, 0.15) is 53.7 Å². The van der Waals surface area contributed by atoms with Crippen molar-refractivity contribution in [2.75, 3.05) is 25.6 Å². The molecule has 1 unspecified atom stereocenters. The van der Waals surface area contributed by atoms with Crippen molar-refractivity contribution in [3.8, 4) is 5.75 Å². The first-order chi connectivity index (χ1) is 21.2. The van der Waals surface area contributed by atoms with Crippen molar-refractivity contribution >= 4 is 25.1 Å². The molecule has 2 saturated heterocycles. The molecule has 15 heteroatoms. The SMILES string of the molecule is C[C@H](NP(=O)(OC[C@H]1O[C@@](C)(c2ccc3c(N)ncnn23)[C@H](O)[C@@H]1O)Oc1ccc(C(C)(C)C)cc1)C(=O)OC1CCOCC1. The van der Waals surface area contributed by atoms with Crippen molar-refractivity contribution in [1.82, 2.24) is 19.7 Å². The molecule has 3 aromatic rings. The van der Waals surface area contributed by atoms with E-state index in [4.69, 9.17) is 29.0 Å². The molecule has 2 aliphatic rings. The minimum absolute atomic E-state index is 0.119. The number of carbonyl (C=O) groups is 1. The number of ether oxygens (including phenoxy) is 3. The van der Waals surface area contributed by atoms with Crippen LogP contribution in [-0.4, -0.2) is 81.1 Å². The summed E-state index contributed by atoms with van der Waals surface area (Å²) in [6.45, 7) is 9.82. The van der Waals surface area contributed by atoms with Crippen LogP contribution in [0.25, 0.3) is 5.52 Å². The monoisotopic (exact) mass is 647 g/mol. The van der Waals surface area contributed by atoms with Gasteiger partial charge in [-0.2, -0.15) is 10.2 Å². The Kier molecular flexibility index (Phi) is 9.58. The molecule has 0 bridgehead atoms. The van der Waals surface area contributed by atoms with Gasteiger partial charge in [-0.25, -0.2) is 14.1 Å². The predicted molar refractivity (Wildman–Crippen MR) is 163 cm³/mol. The number of aliphatic hydroxyl groups excluding tert-OH is 2. The van der Waals surface area contributed by atoms with E-state index in [-0.39, 0.29) is 23.1 Å². The van der Waals surface area contributed by atoms with E-state index in [2.05, 4.69) is 35.9 Å². The second-order valence-corrected chi connectivity index (χ2v) is 14.3. The molecule has 0 amide bonds. The van der Waals surface area contributed by atoms with E-state index in [1.54, 1.807) is 31.2 Å². The average molecular weight is 648 g/mol.